The van der Waals surface area contributed by atoms with Crippen LogP contribution in [0, 0.1) is 5.82 Å². The summed E-state index contributed by atoms with van der Waals surface area (Å²) >= 11 is 11.9. The van der Waals surface area contributed by atoms with Crippen LogP contribution in [-0.4, -0.2) is 12.4 Å². The molecule has 0 amide bonds. The number of hydrogen-bond donors (Lipinski definition) is 4. The number of halogens is 3. The lowest BCUT2D eigenvalue weighted by Crippen LogP contribution is -2.36. The lowest BCUT2D eigenvalue weighted by Gasteiger charge is -2.11. The zero-order valence-electron chi connectivity index (χ0n) is 11.4. The predicted octanol–water partition coefficient (Wildman–Crippen LogP) is 2.95. The van der Waals surface area contributed by atoms with Gasteiger partial charge < -0.3 is 16.6 Å². The van der Waals surface area contributed by atoms with E-state index in [4.69, 9.17) is 34.9 Å². The molecule has 2 aromatic rings. The summed E-state index contributed by atoms with van der Waals surface area (Å²) < 4.78 is 13.5. The van der Waals surface area contributed by atoms with Crippen molar-refractivity contribution in [2.45, 2.75) is 0 Å². The number of nitrogens with one attached hydrogen (secondary N) is 2. The lowest BCUT2D eigenvalue weighted by atomic mass is 10.1. The van der Waals surface area contributed by atoms with Crippen LogP contribution in [0.1, 0.15) is 0 Å². The number of rotatable bonds is 4. The second kappa shape index (κ2) is 7.31. The Labute approximate surface area is 137 Å². The highest BCUT2D eigenvalue weighted by Gasteiger charge is 2.08. The van der Waals surface area contributed by atoms with Gasteiger partial charge in [0.05, 0.1) is 16.6 Å². The molecule has 22 heavy (non-hydrogen) atoms. The van der Waals surface area contributed by atoms with E-state index in [1.54, 1.807) is 24.3 Å². The normalized spacial score (nSPS) is 11.4. The zero-order valence-corrected chi connectivity index (χ0v) is 12.9. The van der Waals surface area contributed by atoms with Gasteiger partial charge in [-0.05, 0) is 29.8 Å². The number of benzene rings is 2. The van der Waals surface area contributed by atoms with Crippen molar-refractivity contribution in [2.24, 2.45) is 16.8 Å². The van der Waals surface area contributed by atoms with E-state index in [0.717, 1.165) is 5.69 Å². The molecule has 0 heterocycles. The zero-order chi connectivity index (χ0) is 16.1. The number of hydrazone groups is 1. The molecule has 0 aliphatic heterocycles. The van der Waals surface area contributed by atoms with Crippen molar-refractivity contribution in [3.05, 3.63) is 52.3 Å². The van der Waals surface area contributed by atoms with Crippen molar-refractivity contribution in [3.8, 4) is 11.1 Å². The van der Waals surface area contributed by atoms with Gasteiger partial charge in [-0.2, -0.15) is 5.10 Å². The number of amidine groups is 1. The van der Waals surface area contributed by atoms with Crippen molar-refractivity contribution >= 4 is 34.7 Å². The summed E-state index contributed by atoms with van der Waals surface area (Å²) in [5, 5.41) is 7.05. The molecule has 0 fully saturated rings. The molecule has 0 atom stereocenters. The van der Waals surface area contributed by atoms with Gasteiger partial charge in [0.15, 0.2) is 5.84 Å². The van der Waals surface area contributed by atoms with Crippen molar-refractivity contribution in [1.82, 2.24) is 5.43 Å². The van der Waals surface area contributed by atoms with Crippen molar-refractivity contribution in [1.29, 1.82) is 0 Å². The van der Waals surface area contributed by atoms with E-state index in [2.05, 4.69) is 15.8 Å². The molecule has 2 aromatic carbocycles. The fraction of sp³-hybridized carbons (Fsp3) is 0.0714. The number of nitrogens with zero attached hydrogens (tertiary/aromatic N) is 1. The third-order valence-corrected chi connectivity index (χ3v) is 3.60. The molecular weight excluding hydrogens is 328 g/mol. The fourth-order valence-corrected chi connectivity index (χ4v) is 2.25. The van der Waals surface area contributed by atoms with Crippen LogP contribution in [-0.2, 0) is 0 Å². The summed E-state index contributed by atoms with van der Waals surface area (Å²) in [7, 11) is 0. The molecule has 6 N–H and O–H groups in total. The van der Waals surface area contributed by atoms with E-state index in [0.29, 0.717) is 28.5 Å². The maximum Gasteiger partial charge on any atom is 0.155 e. The predicted molar refractivity (Wildman–Crippen MR) is 89.3 cm³/mol. The third-order valence-electron chi connectivity index (χ3n) is 2.98. The molecule has 5 nitrogen and oxygen atoms in total. The molecule has 0 saturated heterocycles. The largest absolute Gasteiger partial charge is 0.378 e. The maximum atomic E-state index is 13.5. The van der Waals surface area contributed by atoms with Crippen LogP contribution in [0.5, 0.6) is 0 Å². The van der Waals surface area contributed by atoms with Crippen LogP contribution in [0.15, 0.2) is 41.5 Å². The average Bonchev–Trinajstić information content (AvgIpc) is 2.51. The Morgan fingerprint density at radius 3 is 2.50 bits per heavy atom. The fourth-order valence-electron chi connectivity index (χ4n) is 1.84. The summed E-state index contributed by atoms with van der Waals surface area (Å²) in [5.41, 5.74) is 4.46. The number of nitrogens with two attached hydrogens (primary N) is 2. The summed E-state index contributed by atoms with van der Waals surface area (Å²) in [4.78, 5) is 0. The van der Waals surface area contributed by atoms with Crippen molar-refractivity contribution in [2.75, 3.05) is 11.9 Å². The minimum Gasteiger partial charge on any atom is -0.378 e. The van der Waals surface area contributed by atoms with Gasteiger partial charge in [0.25, 0.3) is 0 Å². The quantitative estimate of drug-likeness (QED) is 0.298. The molecule has 8 heteroatoms. The molecule has 0 unspecified atom stereocenters. The Balaban J connectivity index is 2.20. The van der Waals surface area contributed by atoms with Crippen LogP contribution in [0.4, 0.5) is 10.1 Å². The molecule has 0 saturated carbocycles. The maximum absolute atomic E-state index is 13.5. The second-order valence-electron chi connectivity index (χ2n) is 4.40. The van der Waals surface area contributed by atoms with Gasteiger partial charge >= 0.3 is 0 Å². The lowest BCUT2D eigenvalue weighted by molar-refractivity contribution is 0.629. The van der Waals surface area contributed by atoms with E-state index in [1.165, 1.54) is 12.1 Å². The highest BCUT2D eigenvalue weighted by Crippen LogP contribution is 2.32. The van der Waals surface area contributed by atoms with Crippen LogP contribution < -0.4 is 22.4 Å². The Bertz CT molecular complexity index is 706. The van der Waals surface area contributed by atoms with Gasteiger partial charge in [0.2, 0.25) is 0 Å². The molecular formula is C14H14Cl2FN5. The Morgan fingerprint density at radius 2 is 1.91 bits per heavy atom. The SMILES string of the molecule is N/N=C(/CNc1ccc(-c2ccc(Cl)c(F)c2)c(Cl)c1)NN. The highest BCUT2D eigenvalue weighted by atomic mass is 35.5. The monoisotopic (exact) mass is 341 g/mol. The first-order valence-corrected chi connectivity index (χ1v) is 7.03. The molecule has 0 radical (unpaired) electrons. The van der Waals surface area contributed by atoms with Crippen LogP contribution in [0.25, 0.3) is 11.1 Å². The highest BCUT2D eigenvalue weighted by molar-refractivity contribution is 6.33. The topological polar surface area (TPSA) is 88.5 Å². The molecule has 0 spiro atoms. The Kier molecular flexibility index (Phi) is 5.43. The van der Waals surface area contributed by atoms with Crippen LogP contribution in [0.2, 0.25) is 10.0 Å². The van der Waals surface area contributed by atoms with E-state index in [-0.39, 0.29) is 5.02 Å². The smallest absolute Gasteiger partial charge is 0.155 e. The minimum absolute atomic E-state index is 0.0704. The van der Waals surface area contributed by atoms with Crippen LogP contribution >= 0.6 is 23.2 Å². The first-order valence-electron chi connectivity index (χ1n) is 6.27. The summed E-state index contributed by atoms with van der Waals surface area (Å²) in [6.07, 6.45) is 0. The van der Waals surface area contributed by atoms with Gasteiger partial charge in [0.1, 0.15) is 5.82 Å². The second-order valence-corrected chi connectivity index (χ2v) is 5.21. The van der Waals surface area contributed by atoms with E-state index in [1.807, 2.05) is 0 Å². The number of anilines is 1. The standard InChI is InChI=1S/C14H14Cl2FN5/c15-11-4-1-8(5-13(11)17)10-3-2-9(6-12(10)16)20-7-14(21-18)22-19/h1-6,20H,7,18-19H2,(H,21,22). The third kappa shape index (κ3) is 3.79. The minimum atomic E-state index is -0.491. The van der Waals surface area contributed by atoms with E-state index >= 15 is 0 Å². The van der Waals surface area contributed by atoms with Gasteiger partial charge in [0, 0.05) is 11.3 Å². The van der Waals surface area contributed by atoms with Gasteiger partial charge in [-0.1, -0.05) is 35.3 Å². The van der Waals surface area contributed by atoms with Crippen molar-refractivity contribution < 1.29 is 4.39 Å². The average molecular weight is 342 g/mol. The van der Waals surface area contributed by atoms with E-state index in [9.17, 15) is 4.39 Å². The van der Waals surface area contributed by atoms with Crippen molar-refractivity contribution in [3.63, 3.8) is 0 Å². The molecule has 116 valence electrons. The van der Waals surface area contributed by atoms with Crippen LogP contribution in [0.3, 0.4) is 0 Å². The number of hydrogen-bond acceptors (Lipinski definition) is 4. The van der Waals surface area contributed by atoms with Gasteiger partial charge in [-0.15, -0.1) is 0 Å². The summed E-state index contributed by atoms with van der Waals surface area (Å²) in [5.74, 6) is 10.3. The molecule has 0 bridgehead atoms. The Hall–Kier alpha value is -2.02. The molecule has 0 aliphatic carbocycles. The van der Waals surface area contributed by atoms with Gasteiger partial charge in [-0.25, -0.2) is 10.2 Å². The van der Waals surface area contributed by atoms with Gasteiger partial charge in [-0.3, -0.25) is 0 Å². The first kappa shape index (κ1) is 16.4. The molecule has 0 aliphatic rings. The Morgan fingerprint density at radius 1 is 1.14 bits per heavy atom. The molecule has 2 rings (SSSR count). The number of hydrazine groups is 1. The summed E-state index contributed by atoms with van der Waals surface area (Å²) in [6.45, 7) is 0.318. The summed E-state index contributed by atoms with van der Waals surface area (Å²) in [6, 6.07) is 9.84. The van der Waals surface area contributed by atoms with E-state index < -0.39 is 5.82 Å². The first-order chi connectivity index (χ1) is 10.5. The molecule has 0 aromatic heterocycles.